The van der Waals surface area contributed by atoms with Crippen LogP contribution in [0.5, 0.6) is 0 Å². The maximum Gasteiger partial charge on any atom is 0.0769 e. The molecule has 2 atom stereocenters. The molecule has 0 spiro atoms. The zero-order chi connectivity index (χ0) is 15.1. The standard InChI is InChI=1S/C19H31NO/c1-4-12-20-19(18-7-5-6-13-21-18)17-10-8-16(9-11-17)14-15(2)3/h8-11,15,18-20H,4-7,12-14H2,1-3H3. The van der Waals surface area contributed by atoms with Gasteiger partial charge in [-0.15, -0.1) is 0 Å². The van der Waals surface area contributed by atoms with Crippen LogP contribution >= 0.6 is 0 Å². The Kier molecular flexibility index (Phi) is 6.72. The Morgan fingerprint density at radius 3 is 2.52 bits per heavy atom. The Balaban J connectivity index is 2.07. The second-order valence-corrected chi connectivity index (χ2v) is 6.68. The van der Waals surface area contributed by atoms with Gasteiger partial charge < -0.3 is 10.1 Å². The summed E-state index contributed by atoms with van der Waals surface area (Å²) in [5.41, 5.74) is 2.82. The third-order valence-corrected chi connectivity index (χ3v) is 4.18. The number of hydrogen-bond donors (Lipinski definition) is 1. The van der Waals surface area contributed by atoms with Gasteiger partial charge in [0.2, 0.25) is 0 Å². The summed E-state index contributed by atoms with van der Waals surface area (Å²) in [6.45, 7) is 8.74. The molecule has 2 nitrogen and oxygen atoms in total. The lowest BCUT2D eigenvalue weighted by Gasteiger charge is -2.31. The van der Waals surface area contributed by atoms with Crippen LogP contribution in [0, 0.1) is 5.92 Å². The molecular formula is C19H31NO. The van der Waals surface area contributed by atoms with E-state index >= 15 is 0 Å². The molecule has 1 aliphatic rings. The highest BCUT2D eigenvalue weighted by Crippen LogP contribution is 2.27. The molecule has 21 heavy (non-hydrogen) atoms. The normalized spacial score (nSPS) is 20.7. The van der Waals surface area contributed by atoms with Gasteiger partial charge in [0.25, 0.3) is 0 Å². The van der Waals surface area contributed by atoms with E-state index in [0.717, 1.165) is 26.0 Å². The molecule has 1 saturated heterocycles. The predicted octanol–water partition coefficient (Wildman–Crippen LogP) is 4.49. The van der Waals surface area contributed by atoms with Crippen molar-refractivity contribution < 1.29 is 4.74 Å². The molecule has 2 rings (SSSR count). The fraction of sp³-hybridized carbons (Fsp3) is 0.684. The predicted molar refractivity (Wildman–Crippen MR) is 89.6 cm³/mol. The second kappa shape index (κ2) is 8.55. The average molecular weight is 289 g/mol. The van der Waals surface area contributed by atoms with Crippen molar-refractivity contribution in [3.05, 3.63) is 35.4 Å². The van der Waals surface area contributed by atoms with E-state index in [1.54, 1.807) is 0 Å². The summed E-state index contributed by atoms with van der Waals surface area (Å²) in [4.78, 5) is 0. The van der Waals surface area contributed by atoms with Crippen LogP contribution in [0.1, 0.15) is 63.6 Å². The Morgan fingerprint density at radius 2 is 1.95 bits per heavy atom. The highest BCUT2D eigenvalue weighted by molar-refractivity contribution is 5.26. The summed E-state index contributed by atoms with van der Waals surface area (Å²) >= 11 is 0. The molecule has 1 aromatic rings. The van der Waals surface area contributed by atoms with Crippen LogP contribution in [0.4, 0.5) is 0 Å². The lowest BCUT2D eigenvalue weighted by atomic mass is 9.93. The van der Waals surface area contributed by atoms with E-state index in [1.807, 2.05) is 0 Å². The number of hydrogen-bond acceptors (Lipinski definition) is 2. The molecule has 0 aromatic heterocycles. The van der Waals surface area contributed by atoms with Gasteiger partial charge in [-0.05, 0) is 55.7 Å². The van der Waals surface area contributed by atoms with Crippen molar-refractivity contribution in [3.8, 4) is 0 Å². The van der Waals surface area contributed by atoms with E-state index < -0.39 is 0 Å². The van der Waals surface area contributed by atoms with Gasteiger partial charge in [0, 0.05) is 6.61 Å². The maximum absolute atomic E-state index is 6.02. The van der Waals surface area contributed by atoms with Gasteiger partial charge in [-0.3, -0.25) is 0 Å². The molecule has 1 fully saturated rings. The summed E-state index contributed by atoms with van der Waals surface area (Å²) in [6.07, 6.45) is 6.34. The Hall–Kier alpha value is -0.860. The van der Waals surface area contributed by atoms with Crippen molar-refractivity contribution in [2.45, 2.75) is 65.0 Å². The first-order valence-electron chi connectivity index (χ1n) is 8.64. The molecule has 0 radical (unpaired) electrons. The number of rotatable bonds is 7. The van der Waals surface area contributed by atoms with Crippen LogP contribution < -0.4 is 5.32 Å². The molecule has 0 amide bonds. The Labute approximate surface area is 130 Å². The van der Waals surface area contributed by atoms with Gasteiger partial charge in [0.15, 0.2) is 0 Å². The largest absolute Gasteiger partial charge is 0.376 e. The SMILES string of the molecule is CCCNC(c1ccc(CC(C)C)cc1)C1CCCCO1. The molecular weight excluding hydrogens is 258 g/mol. The van der Waals surface area contributed by atoms with Crippen LogP contribution in [0.25, 0.3) is 0 Å². The van der Waals surface area contributed by atoms with Gasteiger partial charge in [0.1, 0.15) is 0 Å². The average Bonchev–Trinajstić information content (AvgIpc) is 2.50. The summed E-state index contributed by atoms with van der Waals surface area (Å²) in [6, 6.07) is 9.52. The first-order valence-corrected chi connectivity index (χ1v) is 8.64. The topological polar surface area (TPSA) is 21.3 Å². The van der Waals surface area contributed by atoms with E-state index in [2.05, 4.69) is 50.4 Å². The summed E-state index contributed by atoms with van der Waals surface area (Å²) < 4.78 is 6.02. The zero-order valence-electron chi connectivity index (χ0n) is 13.9. The minimum atomic E-state index is 0.334. The number of ether oxygens (including phenoxy) is 1. The van der Waals surface area contributed by atoms with Crippen molar-refractivity contribution in [1.82, 2.24) is 5.32 Å². The van der Waals surface area contributed by atoms with Crippen LogP contribution in [-0.2, 0) is 11.2 Å². The quantitative estimate of drug-likeness (QED) is 0.798. The van der Waals surface area contributed by atoms with Crippen LogP contribution in [0.15, 0.2) is 24.3 Å². The van der Waals surface area contributed by atoms with E-state index in [9.17, 15) is 0 Å². The second-order valence-electron chi connectivity index (χ2n) is 6.68. The van der Waals surface area contributed by atoms with Crippen LogP contribution in [0.2, 0.25) is 0 Å². The van der Waals surface area contributed by atoms with Gasteiger partial charge in [0.05, 0.1) is 12.1 Å². The third kappa shape index (κ3) is 5.12. The first kappa shape index (κ1) is 16.5. The van der Waals surface area contributed by atoms with Gasteiger partial charge in [-0.2, -0.15) is 0 Å². The molecule has 0 saturated carbocycles. The fourth-order valence-electron chi connectivity index (χ4n) is 3.12. The van der Waals surface area contributed by atoms with Gasteiger partial charge >= 0.3 is 0 Å². The molecule has 1 N–H and O–H groups in total. The third-order valence-electron chi connectivity index (χ3n) is 4.18. The smallest absolute Gasteiger partial charge is 0.0769 e. The zero-order valence-corrected chi connectivity index (χ0v) is 13.9. The molecule has 1 aromatic carbocycles. The highest BCUT2D eigenvalue weighted by atomic mass is 16.5. The summed E-state index contributed by atoms with van der Waals surface area (Å²) in [5.74, 6) is 0.714. The maximum atomic E-state index is 6.02. The molecule has 1 aliphatic heterocycles. The Morgan fingerprint density at radius 1 is 1.19 bits per heavy atom. The van der Waals surface area contributed by atoms with Crippen molar-refractivity contribution in [1.29, 1.82) is 0 Å². The molecule has 0 aliphatic carbocycles. The number of nitrogens with one attached hydrogen (secondary N) is 1. The Bertz CT molecular complexity index is 393. The monoisotopic (exact) mass is 289 g/mol. The minimum Gasteiger partial charge on any atom is -0.376 e. The van der Waals surface area contributed by atoms with E-state index in [1.165, 1.54) is 30.4 Å². The van der Waals surface area contributed by atoms with E-state index in [0.29, 0.717) is 18.1 Å². The summed E-state index contributed by atoms with van der Waals surface area (Å²) in [5, 5.41) is 3.69. The van der Waals surface area contributed by atoms with Crippen molar-refractivity contribution in [2.75, 3.05) is 13.2 Å². The molecule has 1 heterocycles. The lowest BCUT2D eigenvalue weighted by Crippen LogP contribution is -2.36. The minimum absolute atomic E-state index is 0.334. The molecule has 0 bridgehead atoms. The number of benzene rings is 1. The fourth-order valence-corrected chi connectivity index (χ4v) is 3.12. The molecule has 2 heteroatoms. The first-order chi connectivity index (χ1) is 10.2. The molecule has 118 valence electrons. The van der Waals surface area contributed by atoms with E-state index in [4.69, 9.17) is 4.74 Å². The summed E-state index contributed by atoms with van der Waals surface area (Å²) in [7, 11) is 0. The van der Waals surface area contributed by atoms with Crippen LogP contribution in [-0.4, -0.2) is 19.3 Å². The van der Waals surface area contributed by atoms with E-state index in [-0.39, 0.29) is 0 Å². The van der Waals surface area contributed by atoms with Crippen molar-refractivity contribution in [3.63, 3.8) is 0 Å². The van der Waals surface area contributed by atoms with Crippen molar-refractivity contribution >= 4 is 0 Å². The highest BCUT2D eigenvalue weighted by Gasteiger charge is 2.25. The van der Waals surface area contributed by atoms with Gasteiger partial charge in [-0.25, -0.2) is 0 Å². The van der Waals surface area contributed by atoms with Crippen molar-refractivity contribution in [2.24, 2.45) is 5.92 Å². The molecule has 2 unspecified atom stereocenters. The lowest BCUT2D eigenvalue weighted by molar-refractivity contribution is -0.00815. The van der Waals surface area contributed by atoms with Gasteiger partial charge in [-0.1, -0.05) is 45.0 Å². The van der Waals surface area contributed by atoms with Crippen LogP contribution in [0.3, 0.4) is 0 Å².